The molecule has 0 aliphatic rings. The van der Waals surface area contributed by atoms with Crippen LogP contribution in [-0.4, -0.2) is 44.4 Å². The normalized spacial score (nSPS) is 11.1. The van der Waals surface area contributed by atoms with Crippen LogP contribution in [0.1, 0.15) is 31.1 Å². The lowest BCUT2D eigenvalue weighted by molar-refractivity contribution is -0.120. The van der Waals surface area contributed by atoms with Crippen molar-refractivity contribution in [3.05, 3.63) is 64.1 Å². The van der Waals surface area contributed by atoms with E-state index in [9.17, 15) is 14.4 Å². The number of imide groups is 1. The van der Waals surface area contributed by atoms with Gasteiger partial charge in [-0.05, 0) is 62.6 Å². The van der Waals surface area contributed by atoms with Crippen molar-refractivity contribution in [3.63, 3.8) is 0 Å². The Kier molecular flexibility index (Phi) is 8.32. The standard InChI is InChI=1S/C26H25Cl2NO7/c1-26(2,3)36-25(32)29(19-8-6-7-9-20(19)33-4)22(30)14-35-21-12-16(24(31)34-5)10-15-11-17(27)13-18(28)23(15)21/h6-13H,14H2,1-5H3. The van der Waals surface area contributed by atoms with Crippen LogP contribution in [0.5, 0.6) is 11.5 Å². The zero-order valence-electron chi connectivity index (χ0n) is 20.4. The summed E-state index contributed by atoms with van der Waals surface area (Å²) in [7, 11) is 2.66. The Morgan fingerprint density at radius 1 is 0.944 bits per heavy atom. The molecule has 0 saturated carbocycles. The number of halogens is 2. The minimum atomic E-state index is -0.904. The molecule has 0 spiro atoms. The van der Waals surface area contributed by atoms with E-state index >= 15 is 0 Å². The maximum Gasteiger partial charge on any atom is 0.421 e. The summed E-state index contributed by atoms with van der Waals surface area (Å²) in [6.07, 6.45) is -0.904. The van der Waals surface area contributed by atoms with E-state index in [2.05, 4.69) is 0 Å². The number of carbonyl (C=O) groups is 3. The molecular weight excluding hydrogens is 509 g/mol. The summed E-state index contributed by atoms with van der Waals surface area (Å²) in [4.78, 5) is 39.5. The molecule has 0 heterocycles. The number of methoxy groups -OCH3 is 2. The molecule has 0 bridgehead atoms. The molecular formula is C26H25Cl2NO7. The lowest BCUT2D eigenvalue weighted by atomic mass is 10.1. The molecule has 3 aromatic rings. The number of hydrogen-bond acceptors (Lipinski definition) is 7. The molecule has 0 saturated heterocycles. The molecule has 0 aliphatic heterocycles. The van der Waals surface area contributed by atoms with Gasteiger partial charge in [-0.25, -0.2) is 14.5 Å². The van der Waals surface area contributed by atoms with Gasteiger partial charge in [0, 0.05) is 10.4 Å². The van der Waals surface area contributed by atoms with E-state index in [0.717, 1.165) is 4.90 Å². The van der Waals surface area contributed by atoms with Gasteiger partial charge in [-0.15, -0.1) is 0 Å². The predicted octanol–water partition coefficient (Wildman–Crippen LogP) is 6.29. The van der Waals surface area contributed by atoms with E-state index in [1.807, 2.05) is 0 Å². The maximum absolute atomic E-state index is 13.4. The van der Waals surface area contributed by atoms with Gasteiger partial charge < -0.3 is 18.9 Å². The topological polar surface area (TPSA) is 91.4 Å². The second-order valence-corrected chi connectivity index (χ2v) is 9.47. The van der Waals surface area contributed by atoms with Crippen molar-refractivity contribution in [2.75, 3.05) is 25.7 Å². The first kappa shape index (κ1) is 27.1. The molecule has 10 heteroatoms. The molecule has 0 aliphatic carbocycles. The Morgan fingerprint density at radius 3 is 2.28 bits per heavy atom. The Morgan fingerprint density at radius 2 is 1.64 bits per heavy atom. The molecule has 0 N–H and O–H groups in total. The molecule has 0 unspecified atom stereocenters. The maximum atomic E-state index is 13.4. The molecule has 36 heavy (non-hydrogen) atoms. The first-order valence-corrected chi connectivity index (χ1v) is 11.5. The SMILES string of the molecule is COC(=O)c1cc(OCC(=O)N(C(=O)OC(C)(C)C)c2ccccc2OC)c2c(Cl)cc(Cl)cc2c1. The third-order valence-corrected chi connectivity index (χ3v) is 5.37. The van der Waals surface area contributed by atoms with E-state index in [1.165, 1.54) is 26.4 Å². The van der Waals surface area contributed by atoms with Crippen molar-refractivity contribution in [2.24, 2.45) is 0 Å². The predicted molar refractivity (Wildman–Crippen MR) is 138 cm³/mol. The van der Waals surface area contributed by atoms with E-state index in [1.54, 1.807) is 57.2 Å². The van der Waals surface area contributed by atoms with Crippen LogP contribution in [0.4, 0.5) is 10.5 Å². The van der Waals surface area contributed by atoms with Gasteiger partial charge in [0.1, 0.15) is 17.1 Å². The first-order valence-electron chi connectivity index (χ1n) is 10.8. The van der Waals surface area contributed by atoms with Crippen molar-refractivity contribution < 1.29 is 33.3 Å². The number of benzene rings is 3. The van der Waals surface area contributed by atoms with Crippen molar-refractivity contribution in [3.8, 4) is 11.5 Å². The highest BCUT2D eigenvalue weighted by molar-refractivity contribution is 6.39. The number of fused-ring (bicyclic) bond motifs is 1. The van der Waals surface area contributed by atoms with E-state index in [-0.39, 0.29) is 27.8 Å². The molecule has 0 radical (unpaired) electrons. The number of ether oxygens (including phenoxy) is 4. The molecule has 8 nitrogen and oxygen atoms in total. The van der Waals surface area contributed by atoms with Crippen molar-refractivity contribution in [1.29, 1.82) is 0 Å². The van der Waals surface area contributed by atoms with Gasteiger partial charge in [-0.3, -0.25) is 4.79 Å². The number of nitrogens with zero attached hydrogens (tertiary/aromatic N) is 1. The largest absolute Gasteiger partial charge is 0.495 e. The summed E-state index contributed by atoms with van der Waals surface area (Å²) in [6, 6.07) is 12.6. The van der Waals surface area contributed by atoms with Gasteiger partial charge in [0.15, 0.2) is 6.61 Å². The van der Waals surface area contributed by atoms with Crippen LogP contribution in [0.2, 0.25) is 10.0 Å². The highest BCUT2D eigenvalue weighted by atomic mass is 35.5. The van der Waals surface area contributed by atoms with Crippen molar-refractivity contribution in [1.82, 2.24) is 0 Å². The zero-order valence-corrected chi connectivity index (χ0v) is 21.9. The fourth-order valence-corrected chi connectivity index (χ4v) is 4.00. The quantitative estimate of drug-likeness (QED) is 0.344. The monoisotopic (exact) mass is 533 g/mol. The number of rotatable bonds is 6. The van der Waals surface area contributed by atoms with Crippen molar-refractivity contribution >= 4 is 57.6 Å². The van der Waals surface area contributed by atoms with E-state index in [4.69, 9.17) is 42.1 Å². The zero-order chi connectivity index (χ0) is 26.6. The molecule has 0 aromatic heterocycles. The van der Waals surface area contributed by atoms with Crippen molar-refractivity contribution in [2.45, 2.75) is 26.4 Å². The van der Waals surface area contributed by atoms with E-state index < -0.39 is 30.2 Å². The second-order valence-electron chi connectivity index (χ2n) is 8.62. The second kappa shape index (κ2) is 11.1. The number of hydrogen-bond donors (Lipinski definition) is 0. The Bertz CT molecular complexity index is 1320. The number of esters is 1. The van der Waals surface area contributed by atoms with Gasteiger partial charge in [-0.1, -0.05) is 35.3 Å². The van der Waals surface area contributed by atoms with Crippen LogP contribution in [0.15, 0.2) is 48.5 Å². The lowest BCUT2D eigenvalue weighted by Gasteiger charge is -2.27. The van der Waals surface area contributed by atoms with Gasteiger partial charge in [-0.2, -0.15) is 0 Å². The highest BCUT2D eigenvalue weighted by Gasteiger charge is 2.31. The smallest absolute Gasteiger partial charge is 0.421 e. The number of amides is 2. The van der Waals surface area contributed by atoms with Crippen LogP contribution >= 0.6 is 23.2 Å². The molecule has 0 atom stereocenters. The highest BCUT2D eigenvalue weighted by Crippen LogP contribution is 2.37. The van der Waals surface area contributed by atoms with Crippen LogP contribution in [-0.2, 0) is 14.3 Å². The number of para-hydroxylation sites is 2. The fourth-order valence-electron chi connectivity index (χ4n) is 3.40. The Labute approximate surface area is 218 Å². The van der Waals surface area contributed by atoms with Crippen LogP contribution < -0.4 is 14.4 Å². The Hall–Kier alpha value is -3.49. The van der Waals surface area contributed by atoms with Crippen LogP contribution in [0.25, 0.3) is 10.8 Å². The molecule has 3 aromatic carbocycles. The summed E-state index contributed by atoms with van der Waals surface area (Å²) >= 11 is 12.5. The summed E-state index contributed by atoms with van der Waals surface area (Å²) in [5.41, 5.74) is -0.517. The Balaban J connectivity index is 2.02. The van der Waals surface area contributed by atoms with E-state index in [0.29, 0.717) is 15.8 Å². The number of anilines is 1. The average molecular weight is 534 g/mol. The number of carbonyl (C=O) groups excluding carboxylic acids is 3. The first-order chi connectivity index (χ1) is 16.9. The van der Waals surface area contributed by atoms with Crippen LogP contribution in [0.3, 0.4) is 0 Å². The van der Waals surface area contributed by atoms with Crippen LogP contribution in [0, 0.1) is 0 Å². The molecule has 3 rings (SSSR count). The van der Waals surface area contributed by atoms with Gasteiger partial charge in [0.25, 0.3) is 5.91 Å². The van der Waals surface area contributed by atoms with Gasteiger partial charge in [0.05, 0.1) is 30.5 Å². The fraction of sp³-hybridized carbons (Fsp3) is 0.269. The third kappa shape index (κ3) is 6.19. The summed E-state index contributed by atoms with van der Waals surface area (Å²) in [6.45, 7) is 4.47. The minimum Gasteiger partial charge on any atom is -0.495 e. The third-order valence-electron chi connectivity index (χ3n) is 4.85. The minimum absolute atomic E-state index is 0.132. The summed E-state index contributed by atoms with van der Waals surface area (Å²) in [5, 5.41) is 1.54. The molecule has 0 fully saturated rings. The lowest BCUT2D eigenvalue weighted by Crippen LogP contribution is -2.43. The van der Waals surface area contributed by atoms with Gasteiger partial charge >= 0.3 is 12.1 Å². The van der Waals surface area contributed by atoms with Gasteiger partial charge in [0.2, 0.25) is 0 Å². The molecule has 190 valence electrons. The summed E-state index contributed by atoms with van der Waals surface area (Å²) in [5.74, 6) is -0.941. The molecule has 2 amide bonds. The summed E-state index contributed by atoms with van der Waals surface area (Å²) < 4.78 is 21.4. The average Bonchev–Trinajstić information content (AvgIpc) is 2.80.